The van der Waals surface area contributed by atoms with Crippen LogP contribution < -0.4 is 4.72 Å². The number of aromatic nitrogens is 3. The minimum Gasteiger partial charge on any atom is -0.338 e. The smallest absolute Gasteiger partial charge is 0.338 e. The molecule has 0 amide bonds. The Morgan fingerprint density at radius 1 is 1.00 bits per heavy atom. The lowest BCUT2D eigenvalue weighted by Gasteiger charge is -2.07. The van der Waals surface area contributed by atoms with Crippen molar-refractivity contribution in [3.8, 4) is 11.4 Å². The molecule has 0 aliphatic carbocycles. The quantitative estimate of drug-likeness (QED) is 0.513. The number of nitrogens with one attached hydrogen (secondary N) is 1. The first kappa shape index (κ1) is 20.0. The van der Waals surface area contributed by atoms with Crippen LogP contribution in [0.1, 0.15) is 11.5 Å². The first-order valence-corrected chi connectivity index (χ1v) is 10.1. The summed E-state index contributed by atoms with van der Waals surface area (Å²) >= 11 is 0. The molecule has 11 heteroatoms. The van der Waals surface area contributed by atoms with Crippen LogP contribution in [0.5, 0.6) is 0 Å². The Kier molecular flexibility index (Phi) is 5.00. The van der Waals surface area contributed by atoms with Crippen LogP contribution in [-0.4, -0.2) is 23.5 Å². The van der Waals surface area contributed by atoms with Crippen LogP contribution in [0.25, 0.3) is 22.3 Å². The Bertz CT molecular complexity index is 1300. The van der Waals surface area contributed by atoms with Crippen LogP contribution in [0.15, 0.2) is 70.2 Å². The summed E-state index contributed by atoms with van der Waals surface area (Å²) in [5.74, 6) is 0.00594. The maximum absolute atomic E-state index is 12.7. The van der Waals surface area contributed by atoms with E-state index in [2.05, 4.69) is 19.8 Å². The monoisotopic (exact) mass is 434 g/mol. The Balaban J connectivity index is 1.51. The molecule has 0 atom stereocenters. The molecule has 0 radical (unpaired) electrons. The van der Waals surface area contributed by atoms with E-state index in [1.165, 1.54) is 24.4 Å². The fourth-order valence-electron chi connectivity index (χ4n) is 2.78. The highest BCUT2D eigenvalue weighted by Gasteiger charge is 2.30. The van der Waals surface area contributed by atoms with Gasteiger partial charge < -0.3 is 4.52 Å². The van der Waals surface area contributed by atoms with Gasteiger partial charge in [-0.1, -0.05) is 35.5 Å². The van der Waals surface area contributed by atoms with Crippen molar-refractivity contribution in [2.45, 2.75) is 17.6 Å². The number of hydrogen-bond acceptors (Lipinski definition) is 6. The van der Waals surface area contributed by atoms with E-state index >= 15 is 0 Å². The number of alkyl halides is 3. The molecule has 0 unspecified atom stereocenters. The maximum atomic E-state index is 12.7. The first-order chi connectivity index (χ1) is 14.2. The average molecular weight is 434 g/mol. The van der Waals surface area contributed by atoms with Gasteiger partial charge in [0.05, 0.1) is 17.6 Å². The summed E-state index contributed by atoms with van der Waals surface area (Å²) in [5.41, 5.74) is -0.172. The lowest BCUT2D eigenvalue weighted by Crippen LogP contribution is -2.23. The Morgan fingerprint density at radius 3 is 2.47 bits per heavy atom. The van der Waals surface area contributed by atoms with Gasteiger partial charge in [-0.3, -0.25) is 4.98 Å². The van der Waals surface area contributed by atoms with Gasteiger partial charge in [-0.15, -0.1) is 0 Å². The molecule has 2 heterocycles. The van der Waals surface area contributed by atoms with Gasteiger partial charge in [0.15, 0.2) is 0 Å². The normalized spacial score (nSPS) is 12.4. The minimum atomic E-state index is -4.45. The van der Waals surface area contributed by atoms with Gasteiger partial charge in [-0.25, -0.2) is 13.1 Å². The number of nitrogens with zero attached hydrogens (tertiary/aromatic N) is 3. The molecule has 4 aromatic rings. The van der Waals surface area contributed by atoms with E-state index < -0.39 is 21.8 Å². The summed E-state index contributed by atoms with van der Waals surface area (Å²) in [7, 11) is -3.93. The molecule has 0 aliphatic rings. The number of sulfonamides is 1. The molecule has 0 fully saturated rings. The third kappa shape index (κ3) is 4.02. The number of para-hydroxylation sites is 1. The third-order valence-electron chi connectivity index (χ3n) is 4.24. The van der Waals surface area contributed by atoms with Gasteiger partial charge >= 0.3 is 6.18 Å². The largest absolute Gasteiger partial charge is 0.416 e. The van der Waals surface area contributed by atoms with Crippen molar-refractivity contribution < 1.29 is 26.1 Å². The Morgan fingerprint density at radius 2 is 1.73 bits per heavy atom. The highest BCUT2D eigenvalue weighted by molar-refractivity contribution is 7.89. The summed E-state index contributed by atoms with van der Waals surface area (Å²) in [6, 6.07) is 12.5. The second-order valence-electron chi connectivity index (χ2n) is 6.24. The molecule has 2 aromatic heterocycles. The summed E-state index contributed by atoms with van der Waals surface area (Å²) in [6.07, 6.45) is -2.95. The summed E-state index contributed by atoms with van der Waals surface area (Å²) in [5, 5.41) is 4.36. The zero-order chi connectivity index (χ0) is 21.4. The zero-order valence-corrected chi connectivity index (χ0v) is 15.9. The highest BCUT2D eigenvalue weighted by Crippen LogP contribution is 2.30. The molecule has 2 aromatic carbocycles. The van der Waals surface area contributed by atoms with E-state index in [0.717, 1.165) is 12.1 Å². The molecule has 0 saturated carbocycles. The van der Waals surface area contributed by atoms with Crippen LogP contribution in [0, 0.1) is 0 Å². The molecule has 7 nitrogen and oxygen atoms in total. The van der Waals surface area contributed by atoms with E-state index in [1.807, 2.05) is 0 Å². The predicted molar refractivity (Wildman–Crippen MR) is 101 cm³/mol. The molecular weight excluding hydrogens is 421 g/mol. The van der Waals surface area contributed by atoms with Gasteiger partial charge in [0.25, 0.3) is 0 Å². The van der Waals surface area contributed by atoms with Crippen LogP contribution in [-0.2, 0) is 22.7 Å². The molecule has 154 valence electrons. The van der Waals surface area contributed by atoms with E-state index in [1.54, 1.807) is 24.3 Å². The van der Waals surface area contributed by atoms with Gasteiger partial charge in [0.1, 0.15) is 4.90 Å². The molecule has 1 N–H and O–H groups in total. The average Bonchev–Trinajstić information content (AvgIpc) is 3.20. The molecule has 4 rings (SSSR count). The van der Waals surface area contributed by atoms with Crippen molar-refractivity contribution in [3.63, 3.8) is 0 Å². The van der Waals surface area contributed by atoms with Gasteiger partial charge in [0.2, 0.25) is 21.7 Å². The van der Waals surface area contributed by atoms with Crippen molar-refractivity contribution in [1.82, 2.24) is 19.8 Å². The van der Waals surface area contributed by atoms with E-state index in [0.29, 0.717) is 16.5 Å². The van der Waals surface area contributed by atoms with E-state index in [9.17, 15) is 21.6 Å². The summed E-state index contributed by atoms with van der Waals surface area (Å²) in [4.78, 5) is 8.15. The molecule has 30 heavy (non-hydrogen) atoms. The van der Waals surface area contributed by atoms with Crippen molar-refractivity contribution in [2.75, 3.05) is 0 Å². The zero-order valence-electron chi connectivity index (χ0n) is 15.1. The van der Waals surface area contributed by atoms with E-state index in [4.69, 9.17) is 4.52 Å². The van der Waals surface area contributed by atoms with Crippen LogP contribution in [0.4, 0.5) is 13.2 Å². The lowest BCUT2D eigenvalue weighted by molar-refractivity contribution is -0.137. The third-order valence-corrected chi connectivity index (χ3v) is 5.67. The van der Waals surface area contributed by atoms with Crippen molar-refractivity contribution in [2.24, 2.45) is 0 Å². The number of pyridine rings is 1. The second-order valence-corrected chi connectivity index (χ2v) is 7.98. The van der Waals surface area contributed by atoms with Gasteiger partial charge in [-0.05, 0) is 24.3 Å². The predicted octanol–water partition coefficient (Wildman–Crippen LogP) is 3.78. The van der Waals surface area contributed by atoms with Crippen LogP contribution in [0.2, 0.25) is 0 Å². The molecule has 0 bridgehead atoms. The van der Waals surface area contributed by atoms with Gasteiger partial charge in [-0.2, -0.15) is 18.2 Å². The number of rotatable bonds is 5. The van der Waals surface area contributed by atoms with Crippen LogP contribution in [0.3, 0.4) is 0 Å². The molecule has 0 spiro atoms. The van der Waals surface area contributed by atoms with E-state index in [-0.39, 0.29) is 23.2 Å². The number of benzene rings is 2. The van der Waals surface area contributed by atoms with Crippen LogP contribution >= 0.6 is 0 Å². The Labute approximate surface area is 168 Å². The summed E-state index contributed by atoms with van der Waals surface area (Å²) < 4.78 is 70.7. The standard InChI is InChI=1S/C19H13F3N4O3S/c20-19(21,22)14-8-6-13(7-9-14)18-25-16(29-26-18)11-24-30(27,28)15-5-1-3-12-4-2-10-23-17(12)15/h1-10,24H,11H2. The topological polar surface area (TPSA) is 98.0 Å². The first-order valence-electron chi connectivity index (χ1n) is 8.58. The summed E-state index contributed by atoms with van der Waals surface area (Å²) in [6.45, 7) is -0.292. The number of fused-ring (bicyclic) bond motifs is 1. The SMILES string of the molecule is O=S(=O)(NCc1nc(-c2ccc(C(F)(F)F)cc2)no1)c1cccc2cccnc12. The lowest BCUT2D eigenvalue weighted by atomic mass is 10.1. The van der Waals surface area contributed by atoms with Gasteiger partial charge in [0, 0.05) is 17.1 Å². The minimum absolute atomic E-state index is 0.00285. The fraction of sp³-hybridized carbons (Fsp3) is 0.105. The second kappa shape index (κ2) is 7.50. The number of hydrogen-bond donors (Lipinski definition) is 1. The molecule has 0 saturated heterocycles. The van der Waals surface area contributed by atoms with Crippen molar-refractivity contribution in [3.05, 3.63) is 72.2 Å². The molecular formula is C19H13F3N4O3S. The van der Waals surface area contributed by atoms with Crippen molar-refractivity contribution in [1.29, 1.82) is 0 Å². The maximum Gasteiger partial charge on any atom is 0.416 e. The van der Waals surface area contributed by atoms with Crippen molar-refractivity contribution >= 4 is 20.9 Å². The number of halogens is 3. The highest BCUT2D eigenvalue weighted by atomic mass is 32.2. The Hall–Kier alpha value is -3.31. The molecule has 0 aliphatic heterocycles. The fourth-order valence-corrected chi connectivity index (χ4v) is 3.93.